The van der Waals surface area contributed by atoms with E-state index in [0.29, 0.717) is 30.5 Å². The number of amides is 1. The Bertz CT molecular complexity index is 818. The summed E-state index contributed by atoms with van der Waals surface area (Å²) in [6, 6.07) is 3.32. The number of carbonyl (C=O) groups excluding carboxylic acids is 1. The summed E-state index contributed by atoms with van der Waals surface area (Å²) in [7, 11) is 0. The van der Waals surface area contributed by atoms with Gasteiger partial charge >= 0.3 is 0 Å². The third kappa shape index (κ3) is 3.48. The van der Waals surface area contributed by atoms with Crippen LogP contribution in [0.3, 0.4) is 0 Å². The van der Waals surface area contributed by atoms with Gasteiger partial charge in [0.05, 0.1) is 25.0 Å². The van der Waals surface area contributed by atoms with Gasteiger partial charge in [0.2, 0.25) is 11.8 Å². The van der Waals surface area contributed by atoms with Crippen LogP contribution in [0.25, 0.3) is 0 Å². The molecule has 1 aliphatic heterocycles. The molecule has 0 fully saturated rings. The number of aryl methyl sites for hydroxylation is 1. The van der Waals surface area contributed by atoms with Gasteiger partial charge in [-0.3, -0.25) is 4.79 Å². The van der Waals surface area contributed by atoms with Gasteiger partial charge in [0.15, 0.2) is 5.82 Å². The number of carbonyl (C=O) groups is 1. The number of nitrogens with zero attached hydrogens (tertiary/aromatic N) is 2. The second-order valence-corrected chi connectivity index (χ2v) is 7.10. The summed E-state index contributed by atoms with van der Waals surface area (Å²) in [4.78, 5) is 20.2. The van der Waals surface area contributed by atoms with Gasteiger partial charge in [-0.05, 0) is 25.0 Å². The SMILES string of the molecule is CCC(N)C(=O)Nc1cnc(Oc2ccc(C)c3c2C(C)(C)CO3)cn1. The van der Waals surface area contributed by atoms with Crippen molar-refractivity contribution in [3.05, 3.63) is 35.7 Å². The first-order chi connectivity index (χ1) is 12.3. The third-order valence-corrected chi connectivity index (χ3v) is 4.44. The van der Waals surface area contributed by atoms with Gasteiger partial charge in [0.1, 0.15) is 11.5 Å². The minimum absolute atomic E-state index is 0.145. The highest BCUT2D eigenvalue weighted by molar-refractivity contribution is 5.93. The second kappa shape index (κ2) is 6.92. The molecule has 0 spiro atoms. The molecule has 1 aliphatic rings. The lowest BCUT2D eigenvalue weighted by atomic mass is 9.85. The van der Waals surface area contributed by atoms with E-state index in [-0.39, 0.29) is 11.3 Å². The maximum absolute atomic E-state index is 11.8. The molecule has 3 N–H and O–H groups in total. The Morgan fingerprint density at radius 2 is 2.15 bits per heavy atom. The first-order valence-electron chi connectivity index (χ1n) is 8.65. The summed E-state index contributed by atoms with van der Waals surface area (Å²) < 4.78 is 11.8. The zero-order valence-corrected chi connectivity index (χ0v) is 15.5. The van der Waals surface area contributed by atoms with Crippen LogP contribution < -0.4 is 20.5 Å². The van der Waals surface area contributed by atoms with Crippen LogP contribution in [0.4, 0.5) is 5.82 Å². The number of nitrogens with two attached hydrogens (primary N) is 1. The van der Waals surface area contributed by atoms with E-state index in [2.05, 4.69) is 29.1 Å². The molecule has 1 aromatic carbocycles. The topological polar surface area (TPSA) is 99.4 Å². The summed E-state index contributed by atoms with van der Waals surface area (Å²) in [5.74, 6) is 1.97. The molecule has 0 radical (unpaired) electrons. The fourth-order valence-electron chi connectivity index (χ4n) is 2.86. The van der Waals surface area contributed by atoms with E-state index in [0.717, 1.165) is 16.9 Å². The summed E-state index contributed by atoms with van der Waals surface area (Å²) in [5.41, 5.74) is 7.66. The van der Waals surface area contributed by atoms with E-state index in [1.807, 2.05) is 26.0 Å². The number of anilines is 1. The van der Waals surface area contributed by atoms with E-state index < -0.39 is 6.04 Å². The summed E-state index contributed by atoms with van der Waals surface area (Å²) in [5, 5.41) is 2.63. The van der Waals surface area contributed by atoms with E-state index in [1.54, 1.807) is 0 Å². The highest BCUT2D eigenvalue weighted by Crippen LogP contribution is 2.46. The molecule has 138 valence electrons. The van der Waals surface area contributed by atoms with Gasteiger partial charge in [-0.25, -0.2) is 9.97 Å². The zero-order valence-electron chi connectivity index (χ0n) is 15.5. The van der Waals surface area contributed by atoms with Gasteiger partial charge in [0.25, 0.3) is 0 Å². The first kappa shape index (κ1) is 18.1. The minimum Gasteiger partial charge on any atom is -0.492 e. The molecular weight excluding hydrogens is 332 g/mol. The number of benzene rings is 1. The molecule has 3 rings (SSSR count). The van der Waals surface area contributed by atoms with Gasteiger partial charge in [0, 0.05) is 11.0 Å². The molecular formula is C19H24N4O3. The normalized spacial score (nSPS) is 15.7. The van der Waals surface area contributed by atoms with E-state index >= 15 is 0 Å². The Kier molecular flexibility index (Phi) is 4.82. The van der Waals surface area contributed by atoms with Crippen molar-refractivity contribution in [1.82, 2.24) is 9.97 Å². The average molecular weight is 356 g/mol. The molecule has 2 heterocycles. The lowest BCUT2D eigenvalue weighted by molar-refractivity contribution is -0.117. The van der Waals surface area contributed by atoms with Crippen LogP contribution >= 0.6 is 0 Å². The fraction of sp³-hybridized carbons (Fsp3) is 0.421. The molecule has 7 heteroatoms. The van der Waals surface area contributed by atoms with Crippen LogP contribution in [0.2, 0.25) is 0 Å². The Hall–Kier alpha value is -2.67. The second-order valence-electron chi connectivity index (χ2n) is 7.10. The number of hydrogen-bond donors (Lipinski definition) is 2. The first-order valence-corrected chi connectivity index (χ1v) is 8.65. The maximum atomic E-state index is 11.8. The van der Waals surface area contributed by atoms with E-state index in [4.69, 9.17) is 15.2 Å². The molecule has 0 aliphatic carbocycles. The van der Waals surface area contributed by atoms with Gasteiger partial charge in [-0.15, -0.1) is 0 Å². The number of rotatable bonds is 5. The molecule has 0 bridgehead atoms. The van der Waals surface area contributed by atoms with Crippen molar-refractivity contribution in [3.63, 3.8) is 0 Å². The van der Waals surface area contributed by atoms with Crippen molar-refractivity contribution in [2.75, 3.05) is 11.9 Å². The highest BCUT2D eigenvalue weighted by Gasteiger charge is 2.36. The van der Waals surface area contributed by atoms with Crippen molar-refractivity contribution in [2.24, 2.45) is 5.73 Å². The number of hydrogen-bond acceptors (Lipinski definition) is 6. The lowest BCUT2D eigenvalue weighted by Crippen LogP contribution is -2.35. The maximum Gasteiger partial charge on any atom is 0.242 e. The Balaban J connectivity index is 1.79. The number of aromatic nitrogens is 2. The van der Waals surface area contributed by atoms with Crippen LogP contribution in [-0.4, -0.2) is 28.5 Å². The predicted octanol–water partition coefficient (Wildman–Crippen LogP) is 2.92. The van der Waals surface area contributed by atoms with Crippen molar-refractivity contribution >= 4 is 11.7 Å². The monoisotopic (exact) mass is 356 g/mol. The minimum atomic E-state index is -0.565. The Labute approximate surface area is 152 Å². The smallest absolute Gasteiger partial charge is 0.242 e. The zero-order chi connectivity index (χ0) is 18.9. The van der Waals surface area contributed by atoms with Gasteiger partial charge in [-0.1, -0.05) is 26.8 Å². The number of fused-ring (bicyclic) bond motifs is 1. The van der Waals surface area contributed by atoms with Gasteiger partial charge in [-0.2, -0.15) is 0 Å². The van der Waals surface area contributed by atoms with Crippen LogP contribution in [-0.2, 0) is 10.2 Å². The highest BCUT2D eigenvalue weighted by atomic mass is 16.5. The molecule has 0 saturated heterocycles. The summed E-state index contributed by atoms with van der Waals surface area (Å²) >= 11 is 0. The molecule has 26 heavy (non-hydrogen) atoms. The lowest BCUT2D eigenvalue weighted by Gasteiger charge is -2.19. The van der Waals surface area contributed by atoms with Crippen LogP contribution in [0.1, 0.15) is 38.3 Å². The Morgan fingerprint density at radius 1 is 1.38 bits per heavy atom. The Morgan fingerprint density at radius 3 is 2.81 bits per heavy atom. The number of nitrogens with one attached hydrogen (secondary N) is 1. The quantitative estimate of drug-likeness (QED) is 0.854. The molecule has 7 nitrogen and oxygen atoms in total. The largest absolute Gasteiger partial charge is 0.492 e. The molecule has 1 aromatic heterocycles. The van der Waals surface area contributed by atoms with Crippen LogP contribution in [0, 0.1) is 6.92 Å². The average Bonchev–Trinajstić information content (AvgIpc) is 2.95. The van der Waals surface area contributed by atoms with Gasteiger partial charge < -0.3 is 20.5 Å². The molecule has 1 amide bonds. The van der Waals surface area contributed by atoms with Crippen LogP contribution in [0.5, 0.6) is 17.4 Å². The van der Waals surface area contributed by atoms with Crippen molar-refractivity contribution in [1.29, 1.82) is 0 Å². The molecule has 0 saturated carbocycles. The fourth-order valence-corrected chi connectivity index (χ4v) is 2.86. The van der Waals surface area contributed by atoms with E-state index in [9.17, 15) is 4.79 Å². The predicted molar refractivity (Wildman–Crippen MR) is 98.7 cm³/mol. The molecule has 2 aromatic rings. The van der Waals surface area contributed by atoms with Crippen molar-refractivity contribution in [3.8, 4) is 17.4 Å². The molecule has 1 atom stereocenters. The van der Waals surface area contributed by atoms with Crippen LogP contribution in [0.15, 0.2) is 24.5 Å². The van der Waals surface area contributed by atoms with Crippen molar-refractivity contribution < 1.29 is 14.3 Å². The third-order valence-electron chi connectivity index (χ3n) is 4.44. The standard InChI is InChI=1S/C19H24N4O3/c1-5-12(20)18(24)23-14-8-22-15(9-21-14)26-13-7-6-11(2)17-16(13)19(3,4)10-25-17/h6-9,12H,5,10,20H2,1-4H3,(H,21,23,24). The summed E-state index contributed by atoms with van der Waals surface area (Å²) in [6.07, 6.45) is 3.48. The molecule has 1 unspecified atom stereocenters. The van der Waals surface area contributed by atoms with Crippen molar-refractivity contribution in [2.45, 2.75) is 45.6 Å². The number of ether oxygens (including phenoxy) is 2. The summed E-state index contributed by atoms with van der Waals surface area (Å²) in [6.45, 7) is 8.71. The van der Waals surface area contributed by atoms with E-state index in [1.165, 1.54) is 12.4 Å².